The molecule has 1 amide bonds. The molecule has 6 heteroatoms. The molecule has 1 aliphatic carbocycles. The largest absolute Gasteiger partial charge is 0.415 e. The lowest BCUT2D eigenvalue weighted by Crippen LogP contribution is -2.33. The highest BCUT2D eigenvalue weighted by Crippen LogP contribution is 2.26. The van der Waals surface area contributed by atoms with Crippen molar-refractivity contribution in [1.82, 2.24) is 15.3 Å². The van der Waals surface area contributed by atoms with Crippen LogP contribution in [0, 0.1) is 0 Å². The lowest BCUT2D eigenvalue weighted by Gasteiger charge is -2.23. The summed E-state index contributed by atoms with van der Waals surface area (Å²) < 4.78 is 4.43. The molecule has 2 rings (SSSR count). The molecule has 1 aliphatic rings. The Bertz CT molecular complexity index is 447. The summed E-state index contributed by atoms with van der Waals surface area (Å²) in [6.45, 7) is 1.19. The van der Waals surface area contributed by atoms with Crippen molar-refractivity contribution in [2.45, 2.75) is 32.2 Å². The van der Waals surface area contributed by atoms with Gasteiger partial charge >= 0.3 is 12.1 Å². The first kappa shape index (κ1) is 11.5. The fraction of sp³-hybridized carbons (Fsp3) is 0.455. The average molecular weight is 235 g/mol. The van der Waals surface area contributed by atoms with Crippen LogP contribution in [0.5, 0.6) is 0 Å². The number of hydrogen-bond acceptors (Lipinski definition) is 5. The fourth-order valence-corrected chi connectivity index (χ4v) is 1.91. The Hall–Kier alpha value is -1.98. The molecule has 0 saturated carbocycles. The highest BCUT2D eigenvalue weighted by atomic mass is 16.6. The molecule has 1 N–H and O–H groups in total. The molecule has 90 valence electrons. The van der Waals surface area contributed by atoms with Crippen LogP contribution in [0.2, 0.25) is 0 Å². The van der Waals surface area contributed by atoms with Crippen molar-refractivity contribution in [3.63, 3.8) is 0 Å². The van der Waals surface area contributed by atoms with Gasteiger partial charge in [0.15, 0.2) is 0 Å². The van der Waals surface area contributed by atoms with Gasteiger partial charge in [0.1, 0.15) is 0 Å². The van der Waals surface area contributed by atoms with Gasteiger partial charge in [-0.2, -0.15) is 0 Å². The van der Waals surface area contributed by atoms with Crippen LogP contribution < -0.4 is 5.32 Å². The molecule has 0 aliphatic heterocycles. The molecule has 0 radical (unpaired) electrons. The molecule has 0 aromatic carbocycles. The highest BCUT2D eigenvalue weighted by Gasteiger charge is 2.24. The van der Waals surface area contributed by atoms with E-state index in [0.29, 0.717) is 0 Å². The van der Waals surface area contributed by atoms with Gasteiger partial charge in [-0.3, -0.25) is 14.8 Å². The summed E-state index contributed by atoms with van der Waals surface area (Å²) in [4.78, 5) is 30.4. The third-order valence-electron chi connectivity index (χ3n) is 2.57. The summed E-state index contributed by atoms with van der Waals surface area (Å²) in [5.74, 6) is -0.627. The number of aryl methyl sites for hydroxylation is 1. The van der Waals surface area contributed by atoms with Gasteiger partial charge in [0.2, 0.25) is 0 Å². The predicted molar refractivity (Wildman–Crippen MR) is 58.0 cm³/mol. The van der Waals surface area contributed by atoms with Crippen LogP contribution in [0.1, 0.15) is 37.2 Å². The van der Waals surface area contributed by atoms with Gasteiger partial charge in [0.05, 0.1) is 17.4 Å². The molecule has 1 atom stereocenters. The number of esters is 1. The van der Waals surface area contributed by atoms with Crippen LogP contribution in [0.3, 0.4) is 0 Å². The van der Waals surface area contributed by atoms with Gasteiger partial charge in [-0.15, -0.1) is 0 Å². The van der Waals surface area contributed by atoms with Crippen LogP contribution in [-0.2, 0) is 16.0 Å². The van der Waals surface area contributed by atoms with Crippen molar-refractivity contribution >= 4 is 12.1 Å². The second-order valence-electron chi connectivity index (χ2n) is 3.86. The zero-order valence-electron chi connectivity index (χ0n) is 9.47. The maximum atomic E-state index is 11.3. The Morgan fingerprint density at radius 1 is 1.41 bits per heavy atom. The lowest BCUT2D eigenvalue weighted by atomic mass is 9.96. The van der Waals surface area contributed by atoms with Gasteiger partial charge in [0.25, 0.3) is 0 Å². The monoisotopic (exact) mass is 235 g/mol. The Labute approximate surface area is 98.4 Å². The van der Waals surface area contributed by atoms with Gasteiger partial charge in [-0.25, -0.2) is 4.79 Å². The summed E-state index contributed by atoms with van der Waals surface area (Å²) >= 11 is 0. The first-order valence-corrected chi connectivity index (χ1v) is 5.45. The normalized spacial score (nSPS) is 18.1. The number of amides is 1. The second-order valence-corrected chi connectivity index (χ2v) is 3.86. The van der Waals surface area contributed by atoms with E-state index < -0.39 is 12.1 Å². The molecule has 0 saturated heterocycles. The van der Waals surface area contributed by atoms with E-state index in [1.807, 2.05) is 0 Å². The topological polar surface area (TPSA) is 81.2 Å². The molecule has 0 fully saturated rings. The van der Waals surface area contributed by atoms with Crippen molar-refractivity contribution in [2.75, 3.05) is 0 Å². The van der Waals surface area contributed by atoms with Crippen LogP contribution in [0.25, 0.3) is 0 Å². The Morgan fingerprint density at radius 3 is 2.94 bits per heavy atom. The highest BCUT2D eigenvalue weighted by molar-refractivity contribution is 5.83. The Balaban J connectivity index is 2.08. The van der Waals surface area contributed by atoms with Crippen molar-refractivity contribution in [2.24, 2.45) is 0 Å². The van der Waals surface area contributed by atoms with Crippen molar-refractivity contribution < 1.29 is 14.3 Å². The molecule has 1 aromatic heterocycles. The molecular formula is C11H13N3O3. The fourth-order valence-electron chi connectivity index (χ4n) is 1.91. The predicted octanol–water partition coefficient (Wildman–Crippen LogP) is 1.13. The minimum Gasteiger partial charge on any atom is -0.377 e. The minimum atomic E-state index is -0.735. The van der Waals surface area contributed by atoms with Crippen LogP contribution in [0.4, 0.5) is 4.79 Å². The number of rotatable bonds is 1. The summed E-state index contributed by atoms with van der Waals surface area (Å²) in [6.07, 6.45) is 5.06. The first-order valence-electron chi connectivity index (χ1n) is 5.45. The van der Waals surface area contributed by atoms with Crippen molar-refractivity contribution in [1.29, 1.82) is 0 Å². The Morgan fingerprint density at radius 2 is 2.18 bits per heavy atom. The second kappa shape index (κ2) is 4.90. The van der Waals surface area contributed by atoms with Crippen LogP contribution in [0.15, 0.2) is 12.4 Å². The number of carbonyl (C=O) groups excluding carboxylic acids is 2. The van der Waals surface area contributed by atoms with E-state index in [9.17, 15) is 9.59 Å². The van der Waals surface area contributed by atoms with E-state index >= 15 is 0 Å². The number of carbonyl (C=O) groups is 2. The molecule has 1 unspecified atom stereocenters. The maximum Gasteiger partial charge on any atom is 0.415 e. The molecule has 0 spiro atoms. The molecule has 1 heterocycles. The third kappa shape index (κ3) is 2.77. The van der Waals surface area contributed by atoms with Crippen LogP contribution >= 0.6 is 0 Å². The maximum absolute atomic E-state index is 11.3. The third-order valence-corrected chi connectivity index (χ3v) is 2.57. The van der Waals surface area contributed by atoms with E-state index in [4.69, 9.17) is 0 Å². The van der Waals surface area contributed by atoms with Crippen molar-refractivity contribution in [3.8, 4) is 0 Å². The van der Waals surface area contributed by atoms with E-state index in [1.165, 1.54) is 6.92 Å². The SMILES string of the molecule is CC(=O)OC(=O)NC1CCCc2nccnc21. The van der Waals surface area contributed by atoms with E-state index in [2.05, 4.69) is 20.0 Å². The molecule has 6 nitrogen and oxygen atoms in total. The van der Waals surface area contributed by atoms with E-state index in [1.54, 1.807) is 12.4 Å². The average Bonchev–Trinajstić information content (AvgIpc) is 2.28. The van der Waals surface area contributed by atoms with Gasteiger partial charge in [0, 0.05) is 19.3 Å². The molecule has 17 heavy (non-hydrogen) atoms. The standard InChI is InChI=1S/C11H13N3O3/c1-7(15)17-11(16)14-9-4-2-3-8-10(9)13-6-5-12-8/h5-6,9H,2-4H2,1H3,(H,14,16). The zero-order chi connectivity index (χ0) is 12.3. The molecule has 1 aromatic rings. The molecule has 0 bridgehead atoms. The van der Waals surface area contributed by atoms with Gasteiger partial charge < -0.3 is 10.1 Å². The summed E-state index contributed by atoms with van der Waals surface area (Å²) in [7, 11) is 0. The van der Waals surface area contributed by atoms with E-state index in [-0.39, 0.29) is 6.04 Å². The minimum absolute atomic E-state index is 0.223. The summed E-state index contributed by atoms with van der Waals surface area (Å²) in [5, 5.41) is 2.62. The number of ether oxygens (including phenoxy) is 1. The smallest absolute Gasteiger partial charge is 0.377 e. The van der Waals surface area contributed by atoms with E-state index in [0.717, 1.165) is 30.7 Å². The van der Waals surface area contributed by atoms with Crippen LogP contribution in [-0.4, -0.2) is 22.0 Å². The number of nitrogens with one attached hydrogen (secondary N) is 1. The quantitative estimate of drug-likeness (QED) is 0.582. The van der Waals surface area contributed by atoms with Gasteiger partial charge in [-0.05, 0) is 19.3 Å². The van der Waals surface area contributed by atoms with Gasteiger partial charge in [-0.1, -0.05) is 0 Å². The lowest BCUT2D eigenvalue weighted by molar-refractivity contribution is -0.134. The number of nitrogens with zero attached hydrogens (tertiary/aromatic N) is 2. The number of aromatic nitrogens is 2. The zero-order valence-corrected chi connectivity index (χ0v) is 9.47. The van der Waals surface area contributed by atoms with Crippen molar-refractivity contribution in [3.05, 3.63) is 23.8 Å². The number of fused-ring (bicyclic) bond motifs is 1. The molecular weight excluding hydrogens is 222 g/mol. The Kier molecular flexibility index (Phi) is 3.32. The number of alkyl carbamates (subject to hydrolysis) is 1. The summed E-state index contributed by atoms with van der Waals surface area (Å²) in [5.41, 5.74) is 1.66. The summed E-state index contributed by atoms with van der Waals surface area (Å²) in [6, 6.07) is -0.223. The first-order chi connectivity index (χ1) is 8.16. The number of hydrogen-bond donors (Lipinski definition) is 1.